The standard InChI is InChI=1S/C10H12Cl3NO.C2H6/c1-4-6-8(5-2)7(3)15-9(14)10(11,12)13;1-2/h4-7,14H,1-2H2,3H3;1-2H3/b8-6+,14-9?;. The molecule has 0 aromatic rings. The quantitative estimate of drug-likeness (QED) is 0.334. The van der Waals surface area contributed by atoms with Crippen molar-refractivity contribution in [3.8, 4) is 0 Å². The third kappa shape index (κ3) is 8.31. The first-order valence-electron chi connectivity index (χ1n) is 5.10. The maximum atomic E-state index is 7.37. The van der Waals surface area contributed by atoms with Crippen LogP contribution in [0.5, 0.6) is 0 Å². The molecule has 5 heteroatoms. The van der Waals surface area contributed by atoms with Crippen LogP contribution in [-0.2, 0) is 4.74 Å². The molecule has 0 spiro atoms. The number of ether oxygens (including phenoxy) is 1. The molecule has 98 valence electrons. The summed E-state index contributed by atoms with van der Waals surface area (Å²) in [5.41, 5.74) is 0.754. The lowest BCUT2D eigenvalue weighted by molar-refractivity contribution is 0.240. The van der Waals surface area contributed by atoms with E-state index in [-0.39, 0.29) is 0 Å². The summed E-state index contributed by atoms with van der Waals surface area (Å²) in [6, 6.07) is 0. The van der Waals surface area contributed by atoms with Gasteiger partial charge in [-0.25, -0.2) is 0 Å². The molecule has 0 aliphatic heterocycles. The minimum atomic E-state index is -1.84. The van der Waals surface area contributed by atoms with Gasteiger partial charge < -0.3 is 4.74 Å². The number of hydrogen-bond acceptors (Lipinski definition) is 2. The normalized spacial score (nSPS) is 12.9. The average molecular weight is 299 g/mol. The first-order chi connectivity index (χ1) is 7.82. The van der Waals surface area contributed by atoms with Gasteiger partial charge in [0.15, 0.2) is 0 Å². The van der Waals surface area contributed by atoms with Gasteiger partial charge in [0.25, 0.3) is 3.79 Å². The molecule has 17 heavy (non-hydrogen) atoms. The highest BCUT2D eigenvalue weighted by molar-refractivity contribution is 6.76. The monoisotopic (exact) mass is 297 g/mol. The number of halogens is 3. The van der Waals surface area contributed by atoms with Gasteiger partial charge in [-0.15, -0.1) is 0 Å². The van der Waals surface area contributed by atoms with Gasteiger partial charge in [-0.05, 0) is 12.5 Å². The Bertz CT molecular complexity index is 293. The molecule has 2 nitrogen and oxygen atoms in total. The Balaban J connectivity index is 0. The van der Waals surface area contributed by atoms with E-state index in [1.54, 1.807) is 25.2 Å². The molecule has 0 saturated carbocycles. The predicted molar refractivity (Wildman–Crippen MR) is 78.4 cm³/mol. The summed E-state index contributed by atoms with van der Waals surface area (Å²) in [4.78, 5) is 0. The molecule has 1 atom stereocenters. The van der Waals surface area contributed by atoms with E-state index in [0.717, 1.165) is 5.57 Å². The number of hydrogen-bond donors (Lipinski definition) is 1. The maximum absolute atomic E-state index is 7.37. The third-order valence-electron chi connectivity index (χ3n) is 1.57. The zero-order chi connectivity index (χ0) is 14.1. The molecule has 0 heterocycles. The van der Waals surface area contributed by atoms with Gasteiger partial charge in [0.05, 0.1) is 0 Å². The topological polar surface area (TPSA) is 33.1 Å². The lowest BCUT2D eigenvalue weighted by Gasteiger charge is -2.19. The predicted octanol–water partition coefficient (Wildman–Crippen LogP) is 5.06. The van der Waals surface area contributed by atoms with Crippen LogP contribution in [-0.4, -0.2) is 15.8 Å². The second-order valence-electron chi connectivity index (χ2n) is 2.69. The number of rotatable bonds is 4. The third-order valence-corrected chi connectivity index (χ3v) is 2.08. The first kappa shape index (κ1) is 18.9. The van der Waals surface area contributed by atoms with Crippen LogP contribution in [0.1, 0.15) is 20.8 Å². The number of allylic oxidation sites excluding steroid dienone is 2. The lowest BCUT2D eigenvalue weighted by atomic mass is 10.1. The van der Waals surface area contributed by atoms with Crippen LogP contribution < -0.4 is 0 Å². The molecule has 1 N–H and O–H groups in total. The molecule has 0 bridgehead atoms. The summed E-state index contributed by atoms with van der Waals surface area (Å²) in [7, 11) is 0. The van der Waals surface area contributed by atoms with E-state index >= 15 is 0 Å². The molecule has 0 fully saturated rings. The Morgan fingerprint density at radius 1 is 1.29 bits per heavy atom. The maximum Gasteiger partial charge on any atom is 0.265 e. The van der Waals surface area contributed by atoms with Crippen molar-refractivity contribution in [3.63, 3.8) is 0 Å². The molecule has 0 rings (SSSR count). The summed E-state index contributed by atoms with van der Waals surface area (Å²) in [6.07, 6.45) is 4.49. The summed E-state index contributed by atoms with van der Waals surface area (Å²) < 4.78 is 3.28. The van der Waals surface area contributed by atoms with E-state index in [1.807, 2.05) is 13.8 Å². The zero-order valence-corrected chi connectivity index (χ0v) is 12.5. The van der Waals surface area contributed by atoms with Crippen molar-refractivity contribution in [1.82, 2.24) is 0 Å². The summed E-state index contributed by atoms with van der Waals surface area (Å²) in [6.45, 7) is 12.9. The highest BCUT2D eigenvalue weighted by Gasteiger charge is 2.30. The summed E-state index contributed by atoms with van der Waals surface area (Å²) in [5, 5.41) is 7.37. The highest BCUT2D eigenvalue weighted by atomic mass is 35.6. The Morgan fingerprint density at radius 2 is 1.76 bits per heavy atom. The van der Waals surface area contributed by atoms with E-state index in [2.05, 4.69) is 13.2 Å². The van der Waals surface area contributed by atoms with Crippen LogP contribution in [0.25, 0.3) is 0 Å². The lowest BCUT2D eigenvalue weighted by Crippen LogP contribution is -2.26. The largest absolute Gasteiger partial charge is 0.470 e. The van der Waals surface area contributed by atoms with Crippen molar-refractivity contribution >= 4 is 40.7 Å². The molecule has 0 saturated heterocycles. The second-order valence-corrected chi connectivity index (χ2v) is 4.97. The van der Waals surface area contributed by atoms with E-state index in [9.17, 15) is 0 Å². The van der Waals surface area contributed by atoms with Crippen LogP contribution in [0.3, 0.4) is 0 Å². The number of alkyl halides is 3. The van der Waals surface area contributed by atoms with Gasteiger partial charge in [-0.3, -0.25) is 5.41 Å². The summed E-state index contributed by atoms with van der Waals surface area (Å²) in [5.74, 6) is -0.420. The fourth-order valence-electron chi connectivity index (χ4n) is 0.817. The van der Waals surface area contributed by atoms with Gasteiger partial charge in [0, 0.05) is 0 Å². The molecule has 0 aliphatic rings. The fraction of sp³-hybridized carbons (Fsp3) is 0.417. The van der Waals surface area contributed by atoms with Crippen molar-refractivity contribution < 1.29 is 4.74 Å². The zero-order valence-electron chi connectivity index (χ0n) is 10.3. The van der Waals surface area contributed by atoms with Crippen LogP contribution in [0.15, 0.2) is 37.0 Å². The minimum absolute atomic E-state index is 0.413. The smallest absolute Gasteiger partial charge is 0.265 e. The van der Waals surface area contributed by atoms with Crippen molar-refractivity contribution in [3.05, 3.63) is 37.0 Å². The molecular formula is C12H18Cl3NO. The van der Waals surface area contributed by atoms with E-state index in [0.29, 0.717) is 0 Å². The molecule has 0 aromatic carbocycles. The Hall–Kier alpha value is -0.440. The fourth-order valence-corrected chi connectivity index (χ4v) is 0.951. The Morgan fingerprint density at radius 3 is 2.06 bits per heavy atom. The van der Waals surface area contributed by atoms with Gasteiger partial charge >= 0.3 is 0 Å². The van der Waals surface area contributed by atoms with Crippen molar-refractivity contribution in [1.29, 1.82) is 5.41 Å². The van der Waals surface area contributed by atoms with Gasteiger partial charge in [0.1, 0.15) is 6.10 Å². The van der Waals surface area contributed by atoms with Crippen LogP contribution >= 0.6 is 34.8 Å². The van der Waals surface area contributed by atoms with Gasteiger partial charge in [0.2, 0.25) is 5.90 Å². The molecule has 0 aromatic heterocycles. The van der Waals surface area contributed by atoms with Crippen molar-refractivity contribution in [2.24, 2.45) is 0 Å². The molecular weight excluding hydrogens is 280 g/mol. The van der Waals surface area contributed by atoms with Crippen LogP contribution in [0.4, 0.5) is 0 Å². The van der Waals surface area contributed by atoms with Gasteiger partial charge in [-0.2, -0.15) is 0 Å². The molecule has 0 amide bonds. The second kappa shape index (κ2) is 9.58. The van der Waals surface area contributed by atoms with Crippen LogP contribution in [0, 0.1) is 5.41 Å². The van der Waals surface area contributed by atoms with Gasteiger partial charge in [-0.1, -0.05) is 80.0 Å². The Labute approximate surface area is 118 Å². The molecule has 1 unspecified atom stereocenters. The van der Waals surface area contributed by atoms with E-state index in [4.69, 9.17) is 44.9 Å². The Kier molecular flexibility index (Phi) is 10.7. The highest BCUT2D eigenvalue weighted by Crippen LogP contribution is 2.28. The SMILES string of the molecule is C=C/C=C(\C=C)C(C)OC(=N)C(Cl)(Cl)Cl.CC. The minimum Gasteiger partial charge on any atom is -0.470 e. The molecule has 0 radical (unpaired) electrons. The molecule has 0 aliphatic carbocycles. The van der Waals surface area contributed by atoms with Crippen LogP contribution in [0.2, 0.25) is 0 Å². The average Bonchev–Trinajstić information content (AvgIpc) is 2.27. The summed E-state index contributed by atoms with van der Waals surface area (Å²) >= 11 is 16.4. The van der Waals surface area contributed by atoms with E-state index in [1.165, 1.54) is 0 Å². The first-order valence-corrected chi connectivity index (χ1v) is 6.23. The van der Waals surface area contributed by atoms with Crippen molar-refractivity contribution in [2.45, 2.75) is 30.7 Å². The number of nitrogens with one attached hydrogen (secondary N) is 1. The van der Waals surface area contributed by atoms with E-state index < -0.39 is 15.8 Å². The van der Waals surface area contributed by atoms with Crippen molar-refractivity contribution in [2.75, 3.05) is 0 Å².